The van der Waals surface area contributed by atoms with Crippen LogP contribution in [0.15, 0.2) is 42.6 Å². The number of hydrogen-bond donors (Lipinski definition) is 1. The Morgan fingerprint density at radius 3 is 2.68 bits per heavy atom. The number of benzene rings is 1. The number of aromatic nitrogens is 1. The Labute approximate surface area is 112 Å². The molecule has 2 aromatic rings. The maximum Gasteiger partial charge on any atom is 0.165 e. The second-order valence-electron chi connectivity index (χ2n) is 4.50. The second-order valence-corrected chi connectivity index (χ2v) is 4.50. The molecule has 0 aliphatic carbocycles. The van der Waals surface area contributed by atoms with Gasteiger partial charge in [0.2, 0.25) is 0 Å². The summed E-state index contributed by atoms with van der Waals surface area (Å²) in [5.74, 6) is 0.702. The van der Waals surface area contributed by atoms with Crippen LogP contribution in [-0.4, -0.2) is 17.6 Å². The number of nitrogens with one attached hydrogen (secondary N) is 1. The van der Waals surface area contributed by atoms with E-state index in [2.05, 4.69) is 10.3 Å². The molecule has 0 spiro atoms. The van der Waals surface area contributed by atoms with E-state index in [1.54, 1.807) is 12.3 Å². The first-order valence-corrected chi connectivity index (χ1v) is 6.21. The van der Waals surface area contributed by atoms with Crippen molar-refractivity contribution < 1.29 is 9.13 Å². The lowest BCUT2D eigenvalue weighted by Crippen LogP contribution is -2.24. The zero-order chi connectivity index (χ0) is 13.7. The molecular formula is C15H17FN2O. The predicted molar refractivity (Wildman–Crippen MR) is 74.0 cm³/mol. The number of anilines is 1. The number of halogens is 1. The van der Waals surface area contributed by atoms with Gasteiger partial charge in [0.05, 0.1) is 6.04 Å². The third-order valence-electron chi connectivity index (χ3n) is 2.66. The van der Waals surface area contributed by atoms with Crippen molar-refractivity contribution in [2.75, 3.05) is 11.9 Å². The Balaban J connectivity index is 1.86. The molecule has 0 fully saturated rings. The lowest BCUT2D eigenvalue weighted by atomic mass is 10.2. The normalized spacial score (nSPS) is 11.9. The van der Waals surface area contributed by atoms with Crippen molar-refractivity contribution in [2.45, 2.75) is 19.9 Å². The molecule has 1 aromatic heterocycles. The van der Waals surface area contributed by atoms with Gasteiger partial charge >= 0.3 is 0 Å². The summed E-state index contributed by atoms with van der Waals surface area (Å²) in [5, 5.41) is 2.98. The summed E-state index contributed by atoms with van der Waals surface area (Å²) in [7, 11) is 0. The summed E-state index contributed by atoms with van der Waals surface area (Å²) in [4.78, 5) is 3.94. The summed E-state index contributed by atoms with van der Waals surface area (Å²) < 4.78 is 19.0. The van der Waals surface area contributed by atoms with E-state index in [9.17, 15) is 4.39 Å². The SMILES string of the molecule is Cc1ccc(OCC(C)Nc2ncccc2F)cc1. The molecule has 0 radical (unpaired) electrons. The van der Waals surface area contributed by atoms with Gasteiger partial charge in [-0.1, -0.05) is 17.7 Å². The van der Waals surface area contributed by atoms with Gasteiger partial charge in [-0.15, -0.1) is 0 Å². The first kappa shape index (κ1) is 13.3. The van der Waals surface area contributed by atoms with Crippen LogP contribution in [0.25, 0.3) is 0 Å². The maximum absolute atomic E-state index is 13.4. The Hall–Kier alpha value is -2.10. The minimum Gasteiger partial charge on any atom is -0.491 e. The van der Waals surface area contributed by atoms with Gasteiger partial charge in [0.1, 0.15) is 12.4 Å². The Bertz CT molecular complexity index is 528. The fourth-order valence-corrected chi connectivity index (χ4v) is 1.62. The van der Waals surface area contributed by atoms with Crippen LogP contribution < -0.4 is 10.1 Å². The average Bonchev–Trinajstić information content (AvgIpc) is 2.41. The predicted octanol–water partition coefficient (Wildman–Crippen LogP) is 3.41. The summed E-state index contributed by atoms with van der Waals surface area (Å²) >= 11 is 0. The van der Waals surface area contributed by atoms with Crippen molar-refractivity contribution in [3.8, 4) is 5.75 Å². The van der Waals surface area contributed by atoms with Crippen LogP contribution in [0.4, 0.5) is 10.2 Å². The second kappa shape index (κ2) is 6.18. The van der Waals surface area contributed by atoms with Crippen LogP contribution in [0.3, 0.4) is 0 Å². The molecule has 0 saturated carbocycles. The number of hydrogen-bond acceptors (Lipinski definition) is 3. The van der Waals surface area contributed by atoms with E-state index in [1.807, 2.05) is 38.1 Å². The van der Waals surface area contributed by atoms with Crippen molar-refractivity contribution in [2.24, 2.45) is 0 Å². The first-order chi connectivity index (χ1) is 9.15. The standard InChI is InChI=1S/C15H17FN2O/c1-11-5-7-13(8-6-11)19-10-12(2)18-15-14(16)4-3-9-17-15/h3-9,12H,10H2,1-2H3,(H,17,18). The van der Waals surface area contributed by atoms with E-state index in [0.717, 1.165) is 5.75 Å². The molecule has 1 N–H and O–H groups in total. The van der Waals surface area contributed by atoms with Crippen LogP contribution >= 0.6 is 0 Å². The third-order valence-corrected chi connectivity index (χ3v) is 2.66. The molecule has 19 heavy (non-hydrogen) atoms. The van der Waals surface area contributed by atoms with Crippen molar-refractivity contribution in [1.29, 1.82) is 0 Å². The molecule has 0 aliphatic rings. The molecular weight excluding hydrogens is 243 g/mol. The smallest absolute Gasteiger partial charge is 0.165 e. The van der Waals surface area contributed by atoms with Gasteiger partial charge in [0, 0.05) is 6.20 Å². The largest absolute Gasteiger partial charge is 0.491 e. The van der Waals surface area contributed by atoms with Gasteiger partial charge in [-0.2, -0.15) is 0 Å². The zero-order valence-electron chi connectivity index (χ0n) is 11.1. The quantitative estimate of drug-likeness (QED) is 0.894. The number of nitrogens with zero attached hydrogens (tertiary/aromatic N) is 1. The molecule has 4 heteroatoms. The topological polar surface area (TPSA) is 34.1 Å². The first-order valence-electron chi connectivity index (χ1n) is 6.21. The molecule has 2 rings (SSSR count). The highest BCUT2D eigenvalue weighted by Crippen LogP contribution is 2.13. The molecule has 1 atom stereocenters. The summed E-state index contributed by atoms with van der Waals surface area (Å²) in [6.45, 7) is 4.39. The molecule has 0 bridgehead atoms. The van der Waals surface area contributed by atoms with Gasteiger partial charge in [0.15, 0.2) is 11.6 Å². The van der Waals surface area contributed by atoms with E-state index < -0.39 is 0 Å². The van der Waals surface area contributed by atoms with E-state index in [4.69, 9.17) is 4.74 Å². The van der Waals surface area contributed by atoms with Crippen LogP contribution in [0.5, 0.6) is 5.75 Å². The fourth-order valence-electron chi connectivity index (χ4n) is 1.62. The van der Waals surface area contributed by atoms with Crippen LogP contribution in [0, 0.1) is 12.7 Å². The monoisotopic (exact) mass is 260 g/mol. The van der Waals surface area contributed by atoms with Gasteiger partial charge in [-0.05, 0) is 38.1 Å². The Morgan fingerprint density at radius 2 is 2.00 bits per heavy atom. The number of aryl methyl sites for hydroxylation is 1. The summed E-state index contributed by atoms with van der Waals surface area (Å²) in [6.07, 6.45) is 1.55. The summed E-state index contributed by atoms with van der Waals surface area (Å²) in [5.41, 5.74) is 1.19. The molecule has 0 amide bonds. The molecule has 0 saturated heterocycles. The van der Waals surface area contributed by atoms with Crippen LogP contribution in [0.1, 0.15) is 12.5 Å². The highest BCUT2D eigenvalue weighted by molar-refractivity contribution is 5.36. The lowest BCUT2D eigenvalue weighted by molar-refractivity contribution is 0.303. The van der Waals surface area contributed by atoms with Crippen molar-refractivity contribution in [3.05, 3.63) is 54.0 Å². The van der Waals surface area contributed by atoms with E-state index >= 15 is 0 Å². The van der Waals surface area contributed by atoms with Crippen molar-refractivity contribution in [3.63, 3.8) is 0 Å². The Kier molecular flexibility index (Phi) is 4.34. The van der Waals surface area contributed by atoms with Crippen LogP contribution in [-0.2, 0) is 0 Å². The highest BCUT2D eigenvalue weighted by atomic mass is 19.1. The van der Waals surface area contributed by atoms with Gasteiger partial charge < -0.3 is 10.1 Å². The molecule has 100 valence electrons. The van der Waals surface area contributed by atoms with Crippen LogP contribution in [0.2, 0.25) is 0 Å². The average molecular weight is 260 g/mol. The number of pyridine rings is 1. The Morgan fingerprint density at radius 1 is 1.26 bits per heavy atom. The fraction of sp³-hybridized carbons (Fsp3) is 0.267. The molecule has 1 aromatic carbocycles. The number of ether oxygens (including phenoxy) is 1. The van der Waals surface area contributed by atoms with Crippen molar-refractivity contribution in [1.82, 2.24) is 4.98 Å². The zero-order valence-corrected chi connectivity index (χ0v) is 11.1. The third kappa shape index (κ3) is 3.95. The van der Waals surface area contributed by atoms with Gasteiger partial charge in [-0.3, -0.25) is 0 Å². The lowest BCUT2D eigenvalue weighted by Gasteiger charge is -2.15. The molecule has 3 nitrogen and oxygen atoms in total. The minimum absolute atomic E-state index is 0.0364. The van der Waals surface area contributed by atoms with E-state index in [1.165, 1.54) is 11.6 Å². The van der Waals surface area contributed by atoms with Gasteiger partial charge in [-0.25, -0.2) is 9.37 Å². The van der Waals surface area contributed by atoms with E-state index in [0.29, 0.717) is 6.61 Å². The van der Waals surface area contributed by atoms with Gasteiger partial charge in [0.25, 0.3) is 0 Å². The maximum atomic E-state index is 13.4. The molecule has 1 heterocycles. The summed E-state index contributed by atoms with van der Waals surface area (Å²) in [6, 6.07) is 10.7. The van der Waals surface area contributed by atoms with E-state index in [-0.39, 0.29) is 17.7 Å². The highest BCUT2D eigenvalue weighted by Gasteiger charge is 2.07. The van der Waals surface area contributed by atoms with Crippen molar-refractivity contribution >= 4 is 5.82 Å². The molecule has 0 aliphatic heterocycles. The molecule has 1 unspecified atom stereocenters. The number of rotatable bonds is 5. The minimum atomic E-state index is -0.357.